The van der Waals surface area contributed by atoms with Gasteiger partial charge in [0.2, 0.25) is 0 Å². The number of methoxy groups -OCH3 is 1. The maximum Gasteiger partial charge on any atom is 0.122 e. The van der Waals surface area contributed by atoms with E-state index in [2.05, 4.69) is 0 Å². The van der Waals surface area contributed by atoms with E-state index in [-0.39, 0.29) is 0 Å². The topological polar surface area (TPSA) is 26.3 Å². The van der Waals surface area contributed by atoms with Crippen molar-refractivity contribution in [3.05, 3.63) is 90.1 Å². The van der Waals surface area contributed by atoms with Gasteiger partial charge in [0, 0.05) is 16.4 Å². The molecular weight excluding hydrogens is 292 g/mol. The highest BCUT2D eigenvalue weighted by Crippen LogP contribution is 2.44. The Kier molecular flexibility index (Phi) is 4.63. The first-order chi connectivity index (χ1) is 10.7. The van der Waals surface area contributed by atoms with Gasteiger partial charge in [-0.2, -0.15) is 0 Å². The molecule has 1 atom stereocenters. The predicted molar refractivity (Wildman–Crippen MR) is 89.1 cm³/mol. The summed E-state index contributed by atoms with van der Waals surface area (Å²) in [7, 11) is 0.449. The van der Waals surface area contributed by atoms with Crippen molar-refractivity contribution >= 4 is 10.8 Å². The van der Waals surface area contributed by atoms with E-state index in [1.54, 1.807) is 7.11 Å². The average Bonchev–Trinajstić information content (AvgIpc) is 3.04. The molecule has 0 N–H and O–H groups in total. The molecule has 0 bridgehead atoms. The van der Waals surface area contributed by atoms with E-state index in [9.17, 15) is 4.21 Å². The first-order valence-electron chi connectivity index (χ1n) is 7.08. The van der Waals surface area contributed by atoms with E-state index in [1.807, 2.05) is 74.7 Å². The van der Waals surface area contributed by atoms with Crippen molar-refractivity contribution < 1.29 is 8.95 Å². The second kappa shape index (κ2) is 6.66. The van der Waals surface area contributed by atoms with Crippen LogP contribution in [0.4, 0.5) is 0 Å². The Morgan fingerprint density at radius 3 is 2.41 bits per heavy atom. The van der Waals surface area contributed by atoms with E-state index >= 15 is 0 Å². The zero-order chi connectivity index (χ0) is 15.5. The quantitative estimate of drug-likeness (QED) is 0.856. The molecule has 0 spiro atoms. The smallest absolute Gasteiger partial charge is 0.122 e. The summed E-state index contributed by atoms with van der Waals surface area (Å²) in [5.74, 6) is 1.74. The van der Waals surface area contributed by atoms with Gasteiger partial charge < -0.3 is 4.74 Å². The summed E-state index contributed by atoms with van der Waals surface area (Å²) in [5, 5.41) is 0.813. The first-order valence-corrected chi connectivity index (χ1v) is 8.23. The van der Waals surface area contributed by atoms with Crippen molar-refractivity contribution in [3.63, 3.8) is 0 Å². The Bertz CT molecular complexity index is 663. The molecule has 2 aromatic carbocycles. The highest BCUT2D eigenvalue weighted by atomic mass is 32.2. The van der Waals surface area contributed by atoms with Crippen LogP contribution in [0.25, 0.3) is 0 Å². The van der Waals surface area contributed by atoms with Gasteiger partial charge in [0.1, 0.15) is 5.75 Å². The lowest BCUT2D eigenvalue weighted by molar-refractivity contribution is 0.411. The van der Waals surface area contributed by atoms with Crippen molar-refractivity contribution in [3.8, 4) is 5.75 Å². The highest BCUT2D eigenvalue weighted by Gasteiger charge is 2.37. The van der Waals surface area contributed by atoms with Gasteiger partial charge in [-0.3, -0.25) is 4.21 Å². The fraction of sp³-hybridized carbons (Fsp3) is 0.105. The SMILES string of the molecule is COc1ccccc1[C]1[CH][CH][CH][C]1[S@](=O)c1ccc(C)cc1. The van der Waals surface area contributed by atoms with Gasteiger partial charge >= 0.3 is 0 Å². The summed E-state index contributed by atoms with van der Waals surface area (Å²) < 4.78 is 18.3. The molecular formula is C19H17O2S. The summed E-state index contributed by atoms with van der Waals surface area (Å²) >= 11 is 0. The molecule has 1 fully saturated rings. The molecule has 0 unspecified atom stereocenters. The second-order valence-electron chi connectivity index (χ2n) is 5.09. The van der Waals surface area contributed by atoms with Crippen molar-refractivity contribution in [2.75, 3.05) is 7.11 Å². The number of hydrogen-bond acceptors (Lipinski definition) is 2. The highest BCUT2D eigenvalue weighted by molar-refractivity contribution is 7.88. The monoisotopic (exact) mass is 309 g/mol. The van der Waals surface area contributed by atoms with Crippen LogP contribution in [0.2, 0.25) is 0 Å². The summed E-state index contributed by atoms with van der Waals surface area (Å²) in [6.45, 7) is 2.02. The molecule has 0 amide bonds. The van der Waals surface area contributed by atoms with Gasteiger partial charge in [0.25, 0.3) is 0 Å². The minimum absolute atomic E-state index is 0.788. The van der Waals surface area contributed by atoms with E-state index in [4.69, 9.17) is 4.74 Å². The van der Waals surface area contributed by atoms with Crippen LogP contribution in [0, 0.1) is 37.4 Å². The van der Waals surface area contributed by atoms with Crippen LogP contribution in [0.15, 0.2) is 53.4 Å². The third-order valence-electron chi connectivity index (χ3n) is 3.61. The third-order valence-corrected chi connectivity index (χ3v) is 5.06. The summed E-state index contributed by atoms with van der Waals surface area (Å²) in [5.41, 5.74) is 2.12. The molecule has 1 aliphatic carbocycles. The van der Waals surface area contributed by atoms with E-state index in [0.29, 0.717) is 0 Å². The molecule has 2 aromatic rings. The molecule has 0 aliphatic heterocycles. The molecule has 22 heavy (non-hydrogen) atoms. The van der Waals surface area contributed by atoms with Gasteiger partial charge in [-0.1, -0.05) is 35.9 Å². The minimum atomic E-state index is -1.20. The molecule has 0 aromatic heterocycles. The van der Waals surface area contributed by atoms with Gasteiger partial charge in [-0.15, -0.1) is 0 Å². The normalized spacial score (nSPS) is 17.5. The lowest BCUT2D eigenvalue weighted by atomic mass is 9.96. The Balaban J connectivity index is 1.90. The van der Waals surface area contributed by atoms with Crippen LogP contribution >= 0.6 is 0 Å². The van der Waals surface area contributed by atoms with Crippen molar-refractivity contribution in [2.24, 2.45) is 0 Å². The second-order valence-corrected chi connectivity index (χ2v) is 6.53. The average molecular weight is 309 g/mol. The molecule has 1 saturated carbocycles. The molecule has 0 saturated heterocycles. The molecule has 111 valence electrons. The van der Waals surface area contributed by atoms with Crippen LogP contribution < -0.4 is 4.74 Å². The Hall–Kier alpha value is -1.61. The van der Waals surface area contributed by atoms with E-state index < -0.39 is 10.8 Å². The predicted octanol–water partition coefficient (Wildman–Crippen LogP) is 3.89. The van der Waals surface area contributed by atoms with Gasteiger partial charge in [-0.25, -0.2) is 0 Å². The largest absolute Gasteiger partial charge is 0.496 e. The van der Waals surface area contributed by atoms with Crippen LogP contribution in [-0.4, -0.2) is 11.3 Å². The fourth-order valence-corrected chi connectivity index (χ4v) is 3.66. The van der Waals surface area contributed by atoms with Crippen LogP contribution in [0.5, 0.6) is 5.75 Å². The van der Waals surface area contributed by atoms with Crippen LogP contribution in [0.3, 0.4) is 0 Å². The number of hydrogen-bond donors (Lipinski definition) is 0. The number of rotatable bonds is 4. The summed E-state index contributed by atoms with van der Waals surface area (Å²) in [6, 6.07) is 15.6. The molecule has 5 radical (unpaired) electrons. The lowest BCUT2D eigenvalue weighted by Gasteiger charge is -2.20. The number of ether oxygens (including phenoxy) is 1. The van der Waals surface area contributed by atoms with Gasteiger partial charge in [0.05, 0.1) is 23.2 Å². The maximum absolute atomic E-state index is 12.9. The van der Waals surface area contributed by atoms with E-state index in [0.717, 1.165) is 32.9 Å². The minimum Gasteiger partial charge on any atom is -0.496 e. The van der Waals surface area contributed by atoms with Crippen LogP contribution in [0.1, 0.15) is 11.1 Å². The van der Waals surface area contributed by atoms with Gasteiger partial charge in [-0.05, 0) is 44.4 Å². The molecule has 1 aliphatic rings. The molecule has 3 heteroatoms. The van der Waals surface area contributed by atoms with E-state index in [1.165, 1.54) is 0 Å². The Morgan fingerprint density at radius 1 is 0.955 bits per heavy atom. The summed E-state index contributed by atoms with van der Waals surface area (Å²) in [4.78, 5) is 0.813. The third kappa shape index (κ3) is 2.95. The Labute approximate surface area is 135 Å². The standard InChI is InChI=1S/C19H17O2S/c1-14-10-12-15(13-11-14)22(20)19-9-5-7-17(19)16-6-3-4-8-18(16)21-2/h3-13H,1-2H3/t22-/m1/s1. The fourth-order valence-electron chi connectivity index (χ4n) is 2.44. The molecule has 2 nitrogen and oxygen atoms in total. The van der Waals surface area contributed by atoms with Crippen molar-refractivity contribution in [1.29, 1.82) is 0 Å². The maximum atomic E-state index is 12.9. The van der Waals surface area contributed by atoms with Gasteiger partial charge in [0.15, 0.2) is 0 Å². The van der Waals surface area contributed by atoms with Crippen molar-refractivity contribution in [1.82, 2.24) is 0 Å². The Morgan fingerprint density at radius 2 is 1.68 bits per heavy atom. The number of aryl methyl sites for hydroxylation is 1. The molecule has 3 rings (SSSR count). The lowest BCUT2D eigenvalue weighted by Crippen LogP contribution is -2.13. The molecule has 0 heterocycles. The van der Waals surface area contributed by atoms with Crippen molar-refractivity contribution in [2.45, 2.75) is 11.8 Å². The number of para-hydroxylation sites is 1. The zero-order valence-electron chi connectivity index (χ0n) is 12.6. The van der Waals surface area contributed by atoms with Crippen LogP contribution in [-0.2, 0) is 10.8 Å². The summed E-state index contributed by atoms with van der Waals surface area (Å²) in [6.07, 6.45) is 5.83. The first kappa shape index (κ1) is 15.3. The number of benzene rings is 2. The zero-order valence-corrected chi connectivity index (χ0v) is 13.4.